The Morgan fingerprint density at radius 2 is 0.647 bits per heavy atom. The monoisotopic (exact) mass is 1800 g/mol. The van der Waals surface area contributed by atoms with E-state index < -0.39 is 12.1 Å². The van der Waals surface area contributed by atoms with E-state index in [1.165, 1.54) is 37.4 Å². The van der Waals surface area contributed by atoms with E-state index in [-0.39, 0.29) is 28.9 Å². The van der Waals surface area contributed by atoms with Gasteiger partial charge in [0, 0.05) is 76.3 Å². The van der Waals surface area contributed by atoms with Crippen molar-refractivity contribution in [3.8, 4) is 58.9 Å². The molecule has 662 valence electrons. The van der Waals surface area contributed by atoms with Gasteiger partial charge in [0.2, 0.25) is 35.6 Å². The fraction of sp³-hybridized carbons (Fsp3) is 0.0860. The van der Waals surface area contributed by atoms with E-state index in [0.717, 1.165) is 95.5 Å². The summed E-state index contributed by atoms with van der Waals surface area (Å²) in [5.74, 6) is 10.2. The first-order valence-electron chi connectivity index (χ1n) is 40.6. The van der Waals surface area contributed by atoms with Crippen LogP contribution in [0.15, 0.2) is 255 Å². The van der Waals surface area contributed by atoms with Gasteiger partial charge in [0.15, 0.2) is 23.1 Å². The maximum atomic E-state index is 13.9. The molecule has 36 nitrogen and oxygen atoms in total. The Kier molecular flexibility index (Phi) is 24.3. The standard InChI is InChI=1S/C19H14F2N6O2.C19H17FN6O.C19H15N7.C18H15ClN6.C18H17N7O/c1-10-23-12-4-2-3-5-13(12)27(10)18-25-16(22)9-17(26-18)24-11-6-7-14-15(8-11)29-19(20,21)28-14;1-11-22-14-5-3-4-6-15(14)26(11)19-24-17(21)10-18(25-19)23-12-7-8-16(27-2)13(20)9-12;1-12-22-15-4-2-3-5-16(15)26(12)19-24-17(21)10-18(25-19)23-14-8-6-13(11-20)7-9-14;1-11-21-14-4-2-3-5-15(14)25(11)18-23-16(20)10-17(24-18)22-13-8-6-12(19)7-9-13;1-11-21-13-5-3-4-6-14(13)25(11)18-23-15(19)9-16(24-18)22-12-7-8-17(26-2)20-10-12/h2-9H,1H3,(H3,22,24,25,26);3-10H,1-2H3,(H3,21,23,24,25);2-10H,1H3,(H3,21,23,24,25);2-10H,1H3,(H3,20,22,23,24);3-10H,1-2H3,(H3,19,22,23,24). The van der Waals surface area contributed by atoms with E-state index >= 15 is 0 Å². The molecule has 9 aromatic carbocycles. The molecule has 20 aromatic rings. The highest BCUT2D eigenvalue weighted by atomic mass is 35.5. The summed E-state index contributed by atoms with van der Waals surface area (Å²) in [6.45, 7) is 9.45. The number of nitrogens with zero attached hydrogens (tertiary/aromatic N) is 22. The number of fused-ring (bicyclic) bond motifs is 6. The molecule has 0 radical (unpaired) electrons. The highest BCUT2D eigenvalue weighted by Crippen LogP contribution is 2.43. The van der Waals surface area contributed by atoms with Crippen molar-refractivity contribution in [3.05, 3.63) is 300 Å². The summed E-state index contributed by atoms with van der Waals surface area (Å²) < 4.78 is 68.5. The molecule has 1 aliphatic rings. The molecule has 1 aliphatic heterocycles. The second-order valence-electron chi connectivity index (χ2n) is 29.4. The summed E-state index contributed by atoms with van der Waals surface area (Å²) in [5, 5.41) is 25.2. The Labute approximate surface area is 759 Å². The van der Waals surface area contributed by atoms with Gasteiger partial charge in [-0.05, 0) is 174 Å². The lowest BCUT2D eigenvalue weighted by Crippen LogP contribution is -2.25. The maximum Gasteiger partial charge on any atom is 0.586 e. The van der Waals surface area contributed by atoms with Crippen molar-refractivity contribution in [1.29, 1.82) is 5.26 Å². The number of halogens is 4. The van der Waals surface area contributed by atoms with Crippen LogP contribution in [0.3, 0.4) is 0 Å². The van der Waals surface area contributed by atoms with Crippen molar-refractivity contribution in [2.24, 2.45) is 0 Å². The molecular weight excluding hydrogens is 1720 g/mol. The van der Waals surface area contributed by atoms with E-state index in [1.807, 2.05) is 217 Å². The summed E-state index contributed by atoms with van der Waals surface area (Å²) in [5.41, 5.74) is 42.7. The number of nitrogens with two attached hydrogens (primary N) is 5. The van der Waals surface area contributed by atoms with Crippen LogP contribution in [0.5, 0.6) is 23.1 Å². The fourth-order valence-electron chi connectivity index (χ4n) is 14.3. The van der Waals surface area contributed by atoms with Crippen molar-refractivity contribution < 1.29 is 32.1 Å². The molecule has 0 amide bonds. The van der Waals surface area contributed by atoms with Gasteiger partial charge < -0.3 is 74.2 Å². The number of methoxy groups -OCH3 is 2. The number of anilines is 15. The largest absolute Gasteiger partial charge is 0.586 e. The second-order valence-corrected chi connectivity index (χ2v) is 29.8. The third-order valence-electron chi connectivity index (χ3n) is 20.0. The molecule has 133 heavy (non-hydrogen) atoms. The van der Waals surface area contributed by atoms with Gasteiger partial charge in [-0.3, -0.25) is 22.8 Å². The Morgan fingerprint density at radius 1 is 0.346 bits per heavy atom. The number of aryl methyl sites for hydroxylation is 5. The molecule has 0 atom stereocenters. The molecule has 21 rings (SSSR count). The third kappa shape index (κ3) is 19.6. The van der Waals surface area contributed by atoms with E-state index in [4.69, 9.17) is 55.0 Å². The zero-order valence-electron chi connectivity index (χ0n) is 71.6. The van der Waals surface area contributed by atoms with E-state index in [0.29, 0.717) is 110 Å². The van der Waals surface area contributed by atoms with Gasteiger partial charge in [-0.2, -0.15) is 55.1 Å². The predicted molar refractivity (Wildman–Crippen MR) is 504 cm³/mol. The van der Waals surface area contributed by atoms with Crippen molar-refractivity contribution in [2.45, 2.75) is 40.9 Å². The van der Waals surface area contributed by atoms with Gasteiger partial charge >= 0.3 is 6.29 Å². The molecule has 0 saturated carbocycles. The van der Waals surface area contributed by atoms with E-state index in [9.17, 15) is 13.2 Å². The average molecular weight is 1800 g/mol. The molecule has 15 N–H and O–H groups in total. The number of pyridine rings is 1. The number of para-hydroxylation sites is 10. The number of imidazole rings is 5. The Bertz CT molecular complexity index is 7780. The van der Waals surface area contributed by atoms with E-state index in [2.05, 4.69) is 122 Å². The molecule has 12 heterocycles. The van der Waals surface area contributed by atoms with E-state index in [1.54, 1.807) is 72.5 Å². The highest BCUT2D eigenvalue weighted by molar-refractivity contribution is 6.30. The van der Waals surface area contributed by atoms with Crippen LogP contribution in [0, 0.1) is 51.8 Å². The SMILES string of the molecule is COc1ccc(Nc2cc(N)nc(-n3c(C)nc4ccccc43)n2)cc1F.COc1ccc(Nc2cc(N)nc(-n3c(C)nc4ccccc43)n2)cn1.Cc1nc2ccccc2n1-c1nc(N)cc(Nc2ccc(C#N)cc2)n1.Cc1nc2ccccc2n1-c1nc(N)cc(Nc2ccc(Cl)cc2)n1.Cc1nc2ccccc2n1-c1nc(N)cc(Nc2ccc3c(c2)OC(F)(F)O3)n1. The number of nitrogens with one attached hydrogen (secondary N) is 5. The quantitative estimate of drug-likeness (QED) is 0.0405. The summed E-state index contributed by atoms with van der Waals surface area (Å²) in [7, 11) is 2.99. The third-order valence-corrected chi connectivity index (χ3v) is 20.3. The molecule has 40 heteroatoms. The number of benzene rings is 9. The number of aromatic nitrogens is 21. The number of alkyl halides is 2. The van der Waals surface area contributed by atoms with Crippen molar-refractivity contribution in [3.63, 3.8) is 0 Å². The second kappa shape index (κ2) is 37.3. The number of rotatable bonds is 17. The Balaban J connectivity index is 0.000000116. The van der Waals surface area contributed by atoms with Crippen LogP contribution in [0.1, 0.15) is 34.7 Å². The van der Waals surface area contributed by atoms with Crippen LogP contribution in [0.2, 0.25) is 5.02 Å². The number of nitriles is 1. The Morgan fingerprint density at radius 3 is 0.970 bits per heavy atom. The minimum atomic E-state index is -3.67. The topological polar surface area (TPSA) is 482 Å². The van der Waals surface area contributed by atoms with Crippen LogP contribution in [0.4, 0.5) is 99.8 Å². The molecular formula is C93H78ClF3N32O4. The van der Waals surface area contributed by atoms with Gasteiger partial charge in [0.25, 0.3) is 0 Å². The molecule has 0 aliphatic carbocycles. The zero-order chi connectivity index (χ0) is 92.7. The molecule has 11 aromatic heterocycles. The molecule has 0 fully saturated rings. The lowest BCUT2D eigenvalue weighted by molar-refractivity contribution is -0.286. The van der Waals surface area contributed by atoms with Crippen LogP contribution in [0.25, 0.3) is 84.9 Å². The molecule has 0 unspecified atom stereocenters. The van der Waals surface area contributed by atoms with Crippen LogP contribution >= 0.6 is 11.6 Å². The van der Waals surface area contributed by atoms with Crippen molar-refractivity contribution in [2.75, 3.05) is 69.5 Å². The first kappa shape index (κ1) is 86.8. The maximum absolute atomic E-state index is 13.9. The minimum Gasteiger partial charge on any atom is -0.494 e. The lowest BCUT2D eigenvalue weighted by Gasteiger charge is -2.11. The first-order chi connectivity index (χ1) is 64.3. The predicted octanol–water partition coefficient (Wildman–Crippen LogP) is 17.6. The van der Waals surface area contributed by atoms with Gasteiger partial charge in [-0.1, -0.05) is 72.3 Å². The smallest absolute Gasteiger partial charge is 0.494 e. The summed E-state index contributed by atoms with van der Waals surface area (Å²) in [4.78, 5) is 71.4. The van der Waals surface area contributed by atoms with Gasteiger partial charge in [-0.15, -0.1) is 8.78 Å². The molecule has 0 bridgehead atoms. The summed E-state index contributed by atoms with van der Waals surface area (Å²) in [6, 6.07) is 76.0. The number of hydrogen-bond acceptors (Lipinski definition) is 31. The van der Waals surface area contributed by atoms with Gasteiger partial charge in [0.1, 0.15) is 87.3 Å². The van der Waals surface area contributed by atoms with Gasteiger partial charge in [0.05, 0.1) is 92.9 Å². The fourth-order valence-corrected chi connectivity index (χ4v) is 14.5. The lowest BCUT2D eigenvalue weighted by atomic mass is 10.2. The summed E-state index contributed by atoms with van der Waals surface area (Å²) in [6.07, 6.45) is -2.01. The number of ether oxygens (including phenoxy) is 4. The summed E-state index contributed by atoms with van der Waals surface area (Å²) >= 11 is 5.92. The zero-order valence-corrected chi connectivity index (χ0v) is 72.4. The highest BCUT2D eigenvalue weighted by Gasteiger charge is 2.43. The van der Waals surface area contributed by atoms with Crippen molar-refractivity contribution in [1.82, 2.24) is 103 Å². The Hall–Kier alpha value is -18.4. The molecule has 0 saturated heterocycles. The average Bonchev–Trinajstić information content (AvgIpc) is 1.64. The normalized spacial score (nSPS) is 11.6. The van der Waals surface area contributed by atoms with Crippen molar-refractivity contribution >= 4 is 153 Å². The first-order valence-corrected chi connectivity index (χ1v) is 41.0. The van der Waals surface area contributed by atoms with Crippen LogP contribution in [-0.4, -0.2) is 123 Å². The number of hydrogen-bond donors (Lipinski definition) is 10. The minimum absolute atomic E-state index is 0.0380. The van der Waals surface area contributed by atoms with Gasteiger partial charge in [-0.25, -0.2) is 34.3 Å². The van der Waals surface area contributed by atoms with Crippen LogP contribution < -0.4 is 74.2 Å². The molecule has 0 spiro atoms. The van der Waals surface area contributed by atoms with Crippen LogP contribution in [-0.2, 0) is 0 Å². The number of nitrogen functional groups attached to an aromatic ring is 5.